The van der Waals surface area contributed by atoms with Gasteiger partial charge in [-0.15, -0.1) is 0 Å². The molecule has 2 aromatic carbocycles. The number of benzene rings is 2. The lowest BCUT2D eigenvalue weighted by molar-refractivity contribution is -0.115. The Hall–Kier alpha value is -2.98. The van der Waals surface area contributed by atoms with Crippen molar-refractivity contribution in [2.45, 2.75) is 4.90 Å². The minimum atomic E-state index is -3.87. The first-order chi connectivity index (χ1) is 12.5. The van der Waals surface area contributed by atoms with Gasteiger partial charge in [-0.3, -0.25) is 4.79 Å². The van der Waals surface area contributed by atoms with Crippen LogP contribution in [-0.2, 0) is 14.8 Å². The first-order valence-electron chi connectivity index (χ1n) is 7.60. The topological polar surface area (TPSA) is 112 Å². The molecular formula is C16H14N2O7S. The largest absolute Gasteiger partial charge is 0.454 e. The summed E-state index contributed by atoms with van der Waals surface area (Å²) in [6.07, 6.45) is 0. The van der Waals surface area contributed by atoms with Gasteiger partial charge in [0, 0.05) is 17.8 Å². The molecule has 2 heterocycles. The van der Waals surface area contributed by atoms with Gasteiger partial charge in [0.2, 0.25) is 29.5 Å². The molecule has 0 aliphatic carbocycles. The van der Waals surface area contributed by atoms with E-state index in [2.05, 4.69) is 10.0 Å². The Bertz CT molecular complexity index is 975. The van der Waals surface area contributed by atoms with Crippen LogP contribution in [0.15, 0.2) is 41.3 Å². The molecule has 2 aromatic rings. The molecule has 0 aromatic heterocycles. The van der Waals surface area contributed by atoms with Crippen LogP contribution in [0.2, 0.25) is 0 Å². The van der Waals surface area contributed by atoms with Crippen LogP contribution in [0.25, 0.3) is 0 Å². The van der Waals surface area contributed by atoms with E-state index in [1.54, 1.807) is 18.2 Å². The van der Waals surface area contributed by atoms with E-state index in [1.807, 2.05) is 0 Å². The maximum absolute atomic E-state index is 12.3. The number of rotatable bonds is 5. The van der Waals surface area contributed by atoms with E-state index < -0.39 is 22.5 Å². The summed E-state index contributed by atoms with van der Waals surface area (Å²) in [5, 5.41) is 2.59. The second-order valence-electron chi connectivity index (χ2n) is 5.46. The van der Waals surface area contributed by atoms with Crippen LogP contribution in [0.3, 0.4) is 0 Å². The summed E-state index contributed by atoms with van der Waals surface area (Å²) in [5.74, 6) is 1.41. The van der Waals surface area contributed by atoms with Crippen molar-refractivity contribution in [2.24, 2.45) is 0 Å². The van der Waals surface area contributed by atoms with Gasteiger partial charge in [-0.05, 0) is 24.3 Å². The van der Waals surface area contributed by atoms with E-state index in [4.69, 9.17) is 18.9 Å². The van der Waals surface area contributed by atoms with Crippen LogP contribution in [0.1, 0.15) is 0 Å². The summed E-state index contributed by atoms with van der Waals surface area (Å²) in [6, 6.07) is 9.13. The lowest BCUT2D eigenvalue weighted by Gasteiger charge is -2.09. The average Bonchev–Trinajstić information content (AvgIpc) is 3.27. The predicted octanol–water partition coefficient (Wildman–Crippen LogP) is 1.06. The number of nitrogens with one attached hydrogen (secondary N) is 2. The number of hydrogen-bond donors (Lipinski definition) is 2. The maximum Gasteiger partial charge on any atom is 0.241 e. The number of hydrogen-bond acceptors (Lipinski definition) is 7. The fourth-order valence-corrected chi connectivity index (χ4v) is 3.46. The van der Waals surface area contributed by atoms with Gasteiger partial charge in [0.1, 0.15) is 0 Å². The molecule has 0 spiro atoms. The lowest BCUT2D eigenvalue weighted by atomic mass is 10.3. The fraction of sp³-hybridized carbons (Fsp3) is 0.188. The van der Waals surface area contributed by atoms with Gasteiger partial charge in [-0.1, -0.05) is 0 Å². The molecule has 0 saturated carbocycles. The molecule has 26 heavy (non-hydrogen) atoms. The van der Waals surface area contributed by atoms with Gasteiger partial charge in [-0.25, -0.2) is 13.1 Å². The number of carbonyl (C=O) groups excluding carboxylic acids is 1. The first kappa shape index (κ1) is 16.5. The van der Waals surface area contributed by atoms with E-state index in [9.17, 15) is 13.2 Å². The van der Waals surface area contributed by atoms with Crippen molar-refractivity contribution in [3.63, 3.8) is 0 Å². The van der Waals surface area contributed by atoms with Gasteiger partial charge in [0.25, 0.3) is 0 Å². The average molecular weight is 378 g/mol. The third kappa shape index (κ3) is 3.24. The van der Waals surface area contributed by atoms with Crippen LogP contribution >= 0.6 is 0 Å². The molecule has 0 atom stereocenters. The van der Waals surface area contributed by atoms with Crippen LogP contribution in [0, 0.1) is 0 Å². The summed E-state index contributed by atoms with van der Waals surface area (Å²) in [4.78, 5) is 12.0. The Labute approximate surface area is 148 Å². The number of sulfonamides is 1. The molecule has 10 heteroatoms. The van der Waals surface area contributed by atoms with E-state index >= 15 is 0 Å². The lowest BCUT2D eigenvalue weighted by Crippen LogP contribution is -2.32. The Morgan fingerprint density at radius 2 is 1.50 bits per heavy atom. The number of fused-ring (bicyclic) bond motifs is 2. The molecule has 1 amide bonds. The summed E-state index contributed by atoms with van der Waals surface area (Å²) < 4.78 is 47.6. The number of amides is 1. The second-order valence-corrected chi connectivity index (χ2v) is 7.22. The van der Waals surface area contributed by atoms with Crippen LogP contribution in [0.4, 0.5) is 5.69 Å². The molecule has 2 aliphatic rings. The molecule has 0 bridgehead atoms. The normalized spacial score (nSPS) is 14.3. The van der Waals surface area contributed by atoms with Crippen molar-refractivity contribution >= 4 is 21.6 Å². The Morgan fingerprint density at radius 3 is 2.23 bits per heavy atom. The zero-order valence-corrected chi connectivity index (χ0v) is 14.2. The monoisotopic (exact) mass is 378 g/mol. The van der Waals surface area contributed by atoms with Crippen molar-refractivity contribution in [3.8, 4) is 23.0 Å². The molecule has 0 fully saturated rings. The van der Waals surface area contributed by atoms with Crippen molar-refractivity contribution in [2.75, 3.05) is 25.4 Å². The minimum absolute atomic E-state index is 0.0161. The van der Waals surface area contributed by atoms with Gasteiger partial charge in [-0.2, -0.15) is 0 Å². The van der Waals surface area contributed by atoms with Crippen molar-refractivity contribution < 1.29 is 32.2 Å². The smallest absolute Gasteiger partial charge is 0.241 e. The van der Waals surface area contributed by atoms with Crippen LogP contribution < -0.4 is 29.0 Å². The predicted molar refractivity (Wildman–Crippen MR) is 88.9 cm³/mol. The molecule has 0 unspecified atom stereocenters. The van der Waals surface area contributed by atoms with E-state index in [0.29, 0.717) is 28.7 Å². The number of ether oxygens (including phenoxy) is 4. The molecule has 136 valence electrons. The van der Waals surface area contributed by atoms with Gasteiger partial charge < -0.3 is 24.3 Å². The van der Waals surface area contributed by atoms with E-state index in [0.717, 1.165) is 0 Å². The zero-order valence-electron chi connectivity index (χ0n) is 13.4. The molecule has 9 nitrogen and oxygen atoms in total. The summed E-state index contributed by atoms with van der Waals surface area (Å²) in [7, 11) is -3.87. The third-order valence-corrected chi connectivity index (χ3v) is 5.13. The van der Waals surface area contributed by atoms with E-state index in [-0.39, 0.29) is 18.5 Å². The molecule has 0 saturated heterocycles. The third-order valence-electron chi connectivity index (χ3n) is 3.73. The summed E-state index contributed by atoms with van der Waals surface area (Å²) in [6.45, 7) is -0.252. The molecule has 2 N–H and O–H groups in total. The Morgan fingerprint density at radius 1 is 0.885 bits per heavy atom. The van der Waals surface area contributed by atoms with Crippen molar-refractivity contribution in [1.29, 1.82) is 0 Å². The molecular weight excluding hydrogens is 364 g/mol. The summed E-state index contributed by atoms with van der Waals surface area (Å²) in [5.41, 5.74) is 0.474. The highest BCUT2D eigenvalue weighted by Gasteiger charge is 2.21. The minimum Gasteiger partial charge on any atom is -0.454 e. The molecule has 4 rings (SSSR count). The molecule has 2 aliphatic heterocycles. The number of carbonyl (C=O) groups is 1. The van der Waals surface area contributed by atoms with Gasteiger partial charge in [0.05, 0.1) is 11.4 Å². The van der Waals surface area contributed by atoms with Crippen LogP contribution in [0.5, 0.6) is 23.0 Å². The SMILES string of the molecule is O=C(CNS(=O)(=O)c1ccc2c(c1)OCO2)Nc1ccc2c(c1)OCO2. The highest BCUT2D eigenvalue weighted by Crippen LogP contribution is 2.34. The second kappa shape index (κ2) is 6.39. The number of anilines is 1. The highest BCUT2D eigenvalue weighted by molar-refractivity contribution is 7.89. The zero-order chi connectivity index (χ0) is 18.1. The quantitative estimate of drug-likeness (QED) is 0.800. The Kier molecular flexibility index (Phi) is 4.05. The highest BCUT2D eigenvalue weighted by atomic mass is 32.2. The van der Waals surface area contributed by atoms with Crippen molar-refractivity contribution in [3.05, 3.63) is 36.4 Å². The van der Waals surface area contributed by atoms with Gasteiger partial charge in [0.15, 0.2) is 23.0 Å². The molecule has 0 radical (unpaired) electrons. The first-order valence-corrected chi connectivity index (χ1v) is 9.08. The Balaban J connectivity index is 1.39. The van der Waals surface area contributed by atoms with E-state index in [1.165, 1.54) is 18.2 Å². The summed E-state index contributed by atoms with van der Waals surface area (Å²) >= 11 is 0. The maximum atomic E-state index is 12.3. The van der Waals surface area contributed by atoms with Crippen molar-refractivity contribution in [1.82, 2.24) is 4.72 Å². The van der Waals surface area contributed by atoms with Gasteiger partial charge >= 0.3 is 0 Å². The standard InChI is InChI=1S/C16H14N2O7S/c19-16(18-10-1-3-12-14(5-10)24-8-22-12)7-17-26(20,21)11-2-4-13-15(6-11)25-9-23-13/h1-6,17H,7-9H2,(H,18,19). The fourth-order valence-electron chi connectivity index (χ4n) is 2.47. The van der Waals surface area contributed by atoms with Crippen LogP contribution in [-0.4, -0.2) is 34.5 Å².